The molecule has 3 aromatic rings. The minimum Gasteiger partial charge on any atom is -0.497 e. The van der Waals surface area contributed by atoms with Gasteiger partial charge in [-0.25, -0.2) is 8.78 Å². The molecule has 0 saturated heterocycles. The molecule has 3 rings (SSSR count). The highest BCUT2D eigenvalue weighted by atomic mass is 32.1. The van der Waals surface area contributed by atoms with Gasteiger partial charge >= 0.3 is 0 Å². The topological polar surface area (TPSA) is 67.3 Å². The predicted molar refractivity (Wildman–Crippen MR) is 107 cm³/mol. The highest BCUT2D eigenvalue weighted by Crippen LogP contribution is 2.24. The summed E-state index contributed by atoms with van der Waals surface area (Å²) in [5.74, 6) is -1.41. The number of ether oxygens (including phenoxy) is 1. The Balaban J connectivity index is 1.62. The molecular weight excluding hydrogens is 398 g/mol. The fraction of sp³-hybridized carbons (Fsp3) is 0.250. The lowest BCUT2D eigenvalue weighted by molar-refractivity contribution is 0.102. The molecule has 1 aromatic heterocycles. The Morgan fingerprint density at radius 2 is 1.90 bits per heavy atom. The van der Waals surface area contributed by atoms with Crippen LogP contribution >= 0.6 is 11.3 Å². The van der Waals surface area contributed by atoms with Crippen molar-refractivity contribution in [1.29, 1.82) is 0 Å². The van der Waals surface area contributed by atoms with Gasteiger partial charge in [-0.15, -0.1) is 10.2 Å². The van der Waals surface area contributed by atoms with E-state index in [0.717, 1.165) is 6.07 Å². The molecule has 0 bridgehead atoms. The fourth-order valence-corrected chi connectivity index (χ4v) is 3.44. The van der Waals surface area contributed by atoms with Crippen molar-refractivity contribution in [2.45, 2.75) is 19.5 Å². The van der Waals surface area contributed by atoms with E-state index in [-0.39, 0.29) is 17.0 Å². The van der Waals surface area contributed by atoms with Gasteiger partial charge in [-0.2, -0.15) is 0 Å². The molecule has 0 saturated carbocycles. The van der Waals surface area contributed by atoms with Gasteiger partial charge in [0.1, 0.15) is 10.8 Å². The second-order valence-corrected chi connectivity index (χ2v) is 7.51. The first-order valence-corrected chi connectivity index (χ1v) is 9.62. The van der Waals surface area contributed by atoms with Gasteiger partial charge in [0.2, 0.25) is 5.01 Å². The van der Waals surface area contributed by atoms with Crippen LogP contribution in [-0.2, 0) is 6.54 Å². The third kappa shape index (κ3) is 5.12. The molecule has 0 radical (unpaired) electrons. The number of nitrogens with zero attached hydrogens (tertiary/aromatic N) is 3. The monoisotopic (exact) mass is 418 g/mol. The number of nitrogens with one attached hydrogen (secondary N) is 1. The summed E-state index contributed by atoms with van der Waals surface area (Å²) in [5.41, 5.74) is 1.27. The van der Waals surface area contributed by atoms with Crippen LogP contribution in [0.1, 0.15) is 33.3 Å². The quantitative estimate of drug-likeness (QED) is 0.621. The van der Waals surface area contributed by atoms with Crippen molar-refractivity contribution < 1.29 is 18.3 Å². The van der Waals surface area contributed by atoms with E-state index in [2.05, 4.69) is 15.5 Å². The molecule has 0 spiro atoms. The third-order valence-electron chi connectivity index (χ3n) is 4.48. The molecule has 152 valence electrons. The largest absolute Gasteiger partial charge is 0.497 e. The first-order chi connectivity index (χ1) is 13.9. The normalized spacial score (nSPS) is 12.1. The molecule has 1 atom stereocenters. The van der Waals surface area contributed by atoms with Crippen LogP contribution in [0.3, 0.4) is 0 Å². The lowest BCUT2D eigenvalue weighted by atomic mass is 10.1. The second kappa shape index (κ2) is 9.06. The van der Waals surface area contributed by atoms with Crippen LogP contribution in [0, 0.1) is 11.6 Å². The number of aromatic nitrogens is 2. The first kappa shape index (κ1) is 20.8. The number of hydrogen-bond acceptors (Lipinski definition) is 6. The molecule has 0 aliphatic rings. The van der Waals surface area contributed by atoms with Crippen LogP contribution < -0.4 is 10.1 Å². The predicted octanol–water partition coefficient (Wildman–Crippen LogP) is 4.27. The summed E-state index contributed by atoms with van der Waals surface area (Å²) >= 11 is 1.18. The van der Waals surface area contributed by atoms with Gasteiger partial charge in [0.25, 0.3) is 5.91 Å². The maximum atomic E-state index is 13.5. The molecule has 6 nitrogen and oxygen atoms in total. The van der Waals surface area contributed by atoms with Crippen molar-refractivity contribution >= 4 is 22.9 Å². The summed E-state index contributed by atoms with van der Waals surface area (Å²) in [7, 11) is 3.41. The van der Waals surface area contributed by atoms with E-state index in [1.165, 1.54) is 17.4 Å². The summed E-state index contributed by atoms with van der Waals surface area (Å²) in [4.78, 5) is 14.3. The Labute approximate surface area is 171 Å². The summed E-state index contributed by atoms with van der Waals surface area (Å²) in [5, 5.41) is 11.7. The number of carbonyl (C=O) groups excluding carboxylic acids is 1. The minimum absolute atomic E-state index is 0.175. The van der Waals surface area contributed by atoms with Crippen LogP contribution in [0.5, 0.6) is 5.75 Å². The molecule has 1 heterocycles. The molecule has 0 aliphatic heterocycles. The Bertz CT molecular complexity index is 994. The smallest absolute Gasteiger partial charge is 0.286 e. The summed E-state index contributed by atoms with van der Waals surface area (Å²) < 4.78 is 31.7. The van der Waals surface area contributed by atoms with Crippen LogP contribution in [0.2, 0.25) is 0 Å². The minimum atomic E-state index is -0.879. The lowest BCUT2D eigenvalue weighted by Crippen LogP contribution is -2.22. The Kier molecular flexibility index (Phi) is 6.50. The molecule has 9 heteroatoms. The number of amides is 1. The first-order valence-electron chi connectivity index (χ1n) is 8.80. The highest BCUT2D eigenvalue weighted by Gasteiger charge is 2.18. The van der Waals surface area contributed by atoms with Crippen molar-refractivity contribution in [1.82, 2.24) is 15.1 Å². The average Bonchev–Trinajstić information content (AvgIpc) is 3.18. The van der Waals surface area contributed by atoms with Gasteiger partial charge in [0.05, 0.1) is 13.7 Å². The fourth-order valence-electron chi connectivity index (χ4n) is 2.65. The van der Waals surface area contributed by atoms with E-state index >= 15 is 0 Å². The van der Waals surface area contributed by atoms with E-state index in [1.807, 2.05) is 18.9 Å². The second-order valence-electron chi connectivity index (χ2n) is 6.45. The van der Waals surface area contributed by atoms with Crippen molar-refractivity contribution in [3.8, 4) is 5.75 Å². The number of halogens is 2. The number of rotatable bonds is 7. The molecule has 0 aliphatic carbocycles. The maximum Gasteiger partial charge on any atom is 0.286 e. The Hall–Kier alpha value is -2.91. The average molecular weight is 418 g/mol. The number of anilines is 1. The molecule has 1 unspecified atom stereocenters. The van der Waals surface area contributed by atoms with Gasteiger partial charge in [-0.05, 0) is 55.9 Å². The molecule has 2 aromatic carbocycles. The van der Waals surface area contributed by atoms with Crippen molar-refractivity contribution in [2.75, 3.05) is 19.5 Å². The van der Waals surface area contributed by atoms with E-state index in [1.54, 1.807) is 37.4 Å². The van der Waals surface area contributed by atoms with E-state index in [0.29, 0.717) is 28.6 Å². The zero-order valence-electron chi connectivity index (χ0n) is 16.1. The van der Waals surface area contributed by atoms with Gasteiger partial charge in [-0.1, -0.05) is 17.4 Å². The van der Waals surface area contributed by atoms with E-state index in [4.69, 9.17) is 4.74 Å². The molecule has 29 heavy (non-hydrogen) atoms. The molecule has 1 N–H and O–H groups in total. The van der Waals surface area contributed by atoms with Gasteiger partial charge < -0.3 is 10.1 Å². The molecule has 0 fully saturated rings. The number of carbonyl (C=O) groups is 1. The van der Waals surface area contributed by atoms with Gasteiger partial charge in [-0.3, -0.25) is 9.69 Å². The zero-order chi connectivity index (χ0) is 21.0. The highest BCUT2D eigenvalue weighted by molar-refractivity contribution is 7.13. The van der Waals surface area contributed by atoms with E-state index < -0.39 is 11.6 Å². The maximum absolute atomic E-state index is 13.5. The number of hydrogen-bond donors (Lipinski definition) is 1. The summed E-state index contributed by atoms with van der Waals surface area (Å²) in [6, 6.07) is 10.6. The molecular formula is C20H20F2N4O2S. The number of benzene rings is 2. The van der Waals surface area contributed by atoms with Crippen LogP contribution in [0.25, 0.3) is 0 Å². The zero-order valence-corrected chi connectivity index (χ0v) is 17.0. The van der Waals surface area contributed by atoms with Crippen molar-refractivity contribution in [2.24, 2.45) is 0 Å². The van der Waals surface area contributed by atoms with Crippen LogP contribution in [0.15, 0.2) is 42.5 Å². The van der Waals surface area contributed by atoms with Crippen LogP contribution in [-0.4, -0.2) is 35.2 Å². The van der Waals surface area contributed by atoms with Gasteiger partial charge in [0, 0.05) is 11.7 Å². The standard InChI is InChI=1S/C20H20F2N4O2S/c1-12(13-4-9-16(21)17(22)10-13)26(2)11-18-24-25-20(29-18)19(27)23-14-5-7-15(28-3)8-6-14/h4-10,12H,11H2,1-3H3,(H,23,27). The Morgan fingerprint density at radius 1 is 1.17 bits per heavy atom. The lowest BCUT2D eigenvalue weighted by Gasteiger charge is -2.24. The van der Waals surface area contributed by atoms with Crippen molar-refractivity contribution in [3.05, 3.63) is 69.7 Å². The SMILES string of the molecule is COc1ccc(NC(=O)c2nnc(CN(C)C(C)c3ccc(F)c(F)c3)s2)cc1. The Morgan fingerprint density at radius 3 is 2.55 bits per heavy atom. The molecule has 1 amide bonds. The number of methoxy groups -OCH3 is 1. The van der Waals surface area contributed by atoms with E-state index in [9.17, 15) is 13.6 Å². The van der Waals surface area contributed by atoms with Crippen molar-refractivity contribution in [3.63, 3.8) is 0 Å². The third-order valence-corrected chi connectivity index (χ3v) is 5.39. The summed E-state index contributed by atoms with van der Waals surface area (Å²) in [6.07, 6.45) is 0. The summed E-state index contributed by atoms with van der Waals surface area (Å²) in [6.45, 7) is 2.29. The van der Waals surface area contributed by atoms with Crippen LogP contribution in [0.4, 0.5) is 14.5 Å². The van der Waals surface area contributed by atoms with Gasteiger partial charge in [0.15, 0.2) is 11.6 Å².